The van der Waals surface area contributed by atoms with Crippen molar-refractivity contribution in [2.45, 2.75) is 6.61 Å². The summed E-state index contributed by atoms with van der Waals surface area (Å²) in [4.78, 5) is 4.40. The molecular formula is C17H15N3O. The number of nitrogens with two attached hydrogens (primary N) is 1. The van der Waals surface area contributed by atoms with Gasteiger partial charge in [-0.15, -0.1) is 0 Å². The molecule has 2 aromatic carbocycles. The number of nitrogens with zero attached hydrogens (tertiary/aromatic N) is 1. The van der Waals surface area contributed by atoms with E-state index in [0.717, 1.165) is 16.5 Å². The predicted molar refractivity (Wildman–Crippen MR) is 83.5 cm³/mol. The molecule has 0 saturated carbocycles. The number of amidine groups is 1. The van der Waals surface area contributed by atoms with Gasteiger partial charge in [-0.05, 0) is 18.2 Å². The number of para-hydroxylation sites is 2. The molecule has 0 aliphatic heterocycles. The highest BCUT2D eigenvalue weighted by Crippen LogP contribution is 2.21. The van der Waals surface area contributed by atoms with Crippen molar-refractivity contribution in [1.29, 1.82) is 5.41 Å². The highest BCUT2D eigenvalue weighted by molar-refractivity contribution is 5.97. The van der Waals surface area contributed by atoms with Crippen molar-refractivity contribution in [2.24, 2.45) is 5.73 Å². The van der Waals surface area contributed by atoms with Gasteiger partial charge in [0.1, 0.15) is 18.2 Å². The summed E-state index contributed by atoms with van der Waals surface area (Å²) in [6, 6.07) is 17.2. The average molecular weight is 277 g/mol. The van der Waals surface area contributed by atoms with Crippen molar-refractivity contribution in [1.82, 2.24) is 4.98 Å². The van der Waals surface area contributed by atoms with E-state index in [-0.39, 0.29) is 5.84 Å². The summed E-state index contributed by atoms with van der Waals surface area (Å²) in [6.07, 6.45) is 1.77. The van der Waals surface area contributed by atoms with Crippen molar-refractivity contribution >= 4 is 16.7 Å². The SMILES string of the molecule is N=C(N)c1ccccc1OCc1cccc2cccnc12. The zero-order valence-electron chi connectivity index (χ0n) is 11.4. The molecule has 0 saturated heterocycles. The molecule has 1 aromatic heterocycles. The van der Waals surface area contributed by atoms with Crippen LogP contribution < -0.4 is 10.5 Å². The van der Waals surface area contributed by atoms with Crippen molar-refractivity contribution < 1.29 is 4.74 Å². The van der Waals surface area contributed by atoms with E-state index in [1.807, 2.05) is 48.5 Å². The van der Waals surface area contributed by atoms with Gasteiger partial charge in [-0.2, -0.15) is 0 Å². The van der Waals surface area contributed by atoms with Crippen LogP contribution in [0, 0.1) is 5.41 Å². The average Bonchev–Trinajstić information content (AvgIpc) is 2.53. The first-order valence-corrected chi connectivity index (χ1v) is 6.64. The molecule has 0 bridgehead atoms. The smallest absolute Gasteiger partial charge is 0.130 e. The highest BCUT2D eigenvalue weighted by atomic mass is 16.5. The topological polar surface area (TPSA) is 72.0 Å². The van der Waals surface area contributed by atoms with Gasteiger partial charge in [-0.3, -0.25) is 10.4 Å². The van der Waals surface area contributed by atoms with Gasteiger partial charge in [0.25, 0.3) is 0 Å². The third kappa shape index (κ3) is 2.69. The molecule has 0 amide bonds. The number of benzene rings is 2. The normalized spacial score (nSPS) is 10.5. The van der Waals surface area contributed by atoms with E-state index < -0.39 is 0 Å². The van der Waals surface area contributed by atoms with Crippen LogP contribution in [-0.2, 0) is 6.61 Å². The lowest BCUT2D eigenvalue weighted by molar-refractivity contribution is 0.307. The fourth-order valence-corrected chi connectivity index (χ4v) is 2.25. The standard InChI is InChI=1S/C17H15N3O/c18-17(19)14-8-1-2-9-15(14)21-11-13-6-3-5-12-7-4-10-20-16(12)13/h1-10H,11H2,(H3,18,19). The Balaban J connectivity index is 1.89. The Hall–Kier alpha value is -2.88. The number of nitrogen functional groups attached to an aromatic ring is 1. The minimum Gasteiger partial charge on any atom is -0.488 e. The Morgan fingerprint density at radius 2 is 1.86 bits per heavy atom. The lowest BCUT2D eigenvalue weighted by atomic mass is 10.1. The van der Waals surface area contributed by atoms with E-state index in [1.165, 1.54) is 0 Å². The van der Waals surface area contributed by atoms with Crippen LogP contribution >= 0.6 is 0 Å². The summed E-state index contributed by atoms with van der Waals surface area (Å²) in [5.74, 6) is 0.611. The van der Waals surface area contributed by atoms with E-state index in [9.17, 15) is 0 Å². The van der Waals surface area contributed by atoms with Gasteiger partial charge in [0, 0.05) is 17.1 Å². The van der Waals surface area contributed by atoms with Crippen molar-refractivity contribution in [3.05, 3.63) is 71.9 Å². The van der Waals surface area contributed by atoms with Gasteiger partial charge in [0.2, 0.25) is 0 Å². The number of nitrogens with one attached hydrogen (secondary N) is 1. The zero-order chi connectivity index (χ0) is 14.7. The summed E-state index contributed by atoms with van der Waals surface area (Å²) >= 11 is 0. The first kappa shape index (κ1) is 13.1. The summed E-state index contributed by atoms with van der Waals surface area (Å²) in [5, 5.41) is 8.66. The molecule has 0 aliphatic rings. The van der Waals surface area contributed by atoms with Crippen LogP contribution in [0.1, 0.15) is 11.1 Å². The molecule has 0 atom stereocenters. The van der Waals surface area contributed by atoms with Crippen molar-refractivity contribution in [3.8, 4) is 5.75 Å². The maximum atomic E-state index is 7.58. The summed E-state index contributed by atoms with van der Waals surface area (Å²) in [6.45, 7) is 0.388. The second-order valence-corrected chi connectivity index (χ2v) is 4.69. The lowest BCUT2D eigenvalue weighted by Gasteiger charge is -2.11. The Kier molecular flexibility index (Phi) is 3.51. The first-order chi connectivity index (χ1) is 10.3. The molecule has 0 aliphatic carbocycles. The van der Waals surface area contributed by atoms with Crippen molar-refractivity contribution in [3.63, 3.8) is 0 Å². The van der Waals surface area contributed by atoms with Crippen LogP contribution in [0.4, 0.5) is 0 Å². The molecule has 4 nitrogen and oxygen atoms in total. The summed E-state index contributed by atoms with van der Waals surface area (Å²) in [7, 11) is 0. The molecule has 21 heavy (non-hydrogen) atoms. The van der Waals surface area contributed by atoms with Gasteiger partial charge >= 0.3 is 0 Å². The molecule has 104 valence electrons. The number of ether oxygens (including phenoxy) is 1. The molecule has 3 aromatic rings. The molecule has 0 fully saturated rings. The van der Waals surface area contributed by atoms with Crippen LogP contribution in [0.3, 0.4) is 0 Å². The van der Waals surface area contributed by atoms with E-state index in [2.05, 4.69) is 4.98 Å². The summed E-state index contributed by atoms with van der Waals surface area (Å²) < 4.78 is 5.83. The fourth-order valence-electron chi connectivity index (χ4n) is 2.25. The lowest BCUT2D eigenvalue weighted by Crippen LogP contribution is -2.13. The van der Waals surface area contributed by atoms with E-state index >= 15 is 0 Å². The summed E-state index contributed by atoms with van der Waals surface area (Å²) in [5.41, 5.74) is 8.10. The minimum absolute atomic E-state index is 0.00152. The third-order valence-electron chi connectivity index (χ3n) is 3.28. The fraction of sp³-hybridized carbons (Fsp3) is 0.0588. The second kappa shape index (κ2) is 5.63. The van der Waals surface area contributed by atoms with E-state index in [4.69, 9.17) is 15.9 Å². The number of hydrogen-bond donors (Lipinski definition) is 2. The van der Waals surface area contributed by atoms with Crippen LogP contribution in [-0.4, -0.2) is 10.8 Å². The largest absolute Gasteiger partial charge is 0.488 e. The van der Waals surface area contributed by atoms with Gasteiger partial charge < -0.3 is 10.5 Å². The maximum absolute atomic E-state index is 7.58. The first-order valence-electron chi connectivity index (χ1n) is 6.64. The molecule has 4 heteroatoms. The third-order valence-corrected chi connectivity index (χ3v) is 3.28. The van der Waals surface area contributed by atoms with Crippen LogP contribution in [0.15, 0.2) is 60.8 Å². The van der Waals surface area contributed by atoms with Crippen LogP contribution in [0.25, 0.3) is 10.9 Å². The minimum atomic E-state index is 0.00152. The number of fused-ring (bicyclic) bond motifs is 1. The maximum Gasteiger partial charge on any atom is 0.130 e. The van der Waals surface area contributed by atoms with Gasteiger partial charge in [-0.25, -0.2) is 0 Å². The Morgan fingerprint density at radius 3 is 2.71 bits per heavy atom. The van der Waals surface area contributed by atoms with Crippen LogP contribution in [0.5, 0.6) is 5.75 Å². The number of pyridine rings is 1. The number of aromatic nitrogens is 1. The Morgan fingerprint density at radius 1 is 1.05 bits per heavy atom. The van der Waals surface area contributed by atoms with E-state index in [1.54, 1.807) is 12.3 Å². The van der Waals surface area contributed by atoms with Gasteiger partial charge in [-0.1, -0.05) is 36.4 Å². The molecule has 0 radical (unpaired) electrons. The number of rotatable bonds is 4. The molecule has 0 spiro atoms. The van der Waals surface area contributed by atoms with E-state index in [0.29, 0.717) is 17.9 Å². The monoisotopic (exact) mass is 277 g/mol. The predicted octanol–water partition coefficient (Wildman–Crippen LogP) is 3.10. The highest BCUT2D eigenvalue weighted by Gasteiger charge is 2.07. The zero-order valence-corrected chi connectivity index (χ0v) is 11.4. The van der Waals surface area contributed by atoms with Crippen molar-refractivity contribution in [2.75, 3.05) is 0 Å². The number of hydrogen-bond acceptors (Lipinski definition) is 3. The molecule has 1 heterocycles. The quantitative estimate of drug-likeness (QED) is 0.568. The molecular weight excluding hydrogens is 262 g/mol. The molecule has 0 unspecified atom stereocenters. The van der Waals surface area contributed by atoms with Crippen LogP contribution in [0.2, 0.25) is 0 Å². The Labute approximate surface area is 122 Å². The molecule has 3 N–H and O–H groups in total. The second-order valence-electron chi connectivity index (χ2n) is 4.69. The Bertz CT molecular complexity index is 793. The van der Waals surface area contributed by atoms with Gasteiger partial charge in [0.05, 0.1) is 11.1 Å². The van der Waals surface area contributed by atoms with Gasteiger partial charge in [0.15, 0.2) is 0 Å². The molecule has 3 rings (SSSR count).